The smallest absolute Gasteiger partial charge is 0.00260 e. The zero-order valence-electron chi connectivity index (χ0n) is 28.3. The van der Waals surface area contributed by atoms with Gasteiger partial charge in [0, 0.05) is 0 Å². The fraction of sp³-hybridized carbons (Fsp3) is 0.0400. The lowest BCUT2D eigenvalue weighted by atomic mass is 9.84. The molecule has 0 fully saturated rings. The molecule has 0 aliphatic heterocycles. The number of hydrogen-bond acceptors (Lipinski definition) is 0. The Bertz CT molecular complexity index is 2650. The minimum absolute atomic E-state index is 1.21. The number of fused-ring (bicyclic) bond motifs is 3. The Kier molecular flexibility index (Phi) is 7.37. The van der Waals surface area contributed by atoms with Crippen LogP contribution >= 0.6 is 0 Å². The minimum atomic E-state index is 1.21. The van der Waals surface area contributed by atoms with E-state index in [4.69, 9.17) is 0 Å². The van der Waals surface area contributed by atoms with Crippen molar-refractivity contribution in [3.63, 3.8) is 0 Å². The predicted molar refractivity (Wildman–Crippen MR) is 216 cm³/mol. The maximum absolute atomic E-state index is 2.38. The molecule has 9 aromatic rings. The molecule has 9 rings (SSSR count). The van der Waals surface area contributed by atoms with Crippen molar-refractivity contribution in [2.45, 2.75) is 13.8 Å². The zero-order chi connectivity index (χ0) is 33.6. The molecule has 0 aromatic heterocycles. The van der Waals surface area contributed by atoms with Crippen molar-refractivity contribution in [3.05, 3.63) is 193 Å². The molecule has 0 atom stereocenters. The van der Waals surface area contributed by atoms with Crippen molar-refractivity contribution in [1.82, 2.24) is 0 Å². The van der Waals surface area contributed by atoms with Crippen molar-refractivity contribution in [2.24, 2.45) is 0 Å². The molecule has 0 nitrogen and oxygen atoms in total. The summed E-state index contributed by atoms with van der Waals surface area (Å²) in [6.07, 6.45) is 0. The van der Waals surface area contributed by atoms with Crippen LogP contribution in [0.2, 0.25) is 0 Å². The maximum Gasteiger partial charge on any atom is -0.00260 e. The van der Waals surface area contributed by atoms with Crippen molar-refractivity contribution >= 4 is 32.3 Å². The summed E-state index contributed by atoms with van der Waals surface area (Å²) in [6.45, 7) is 4.40. The van der Waals surface area contributed by atoms with E-state index in [0.29, 0.717) is 0 Å². The fourth-order valence-electron chi connectivity index (χ4n) is 7.66. The van der Waals surface area contributed by atoms with Crippen LogP contribution in [-0.4, -0.2) is 0 Å². The molecule has 0 saturated heterocycles. The second-order valence-corrected chi connectivity index (χ2v) is 13.5. The Hall–Kier alpha value is -6.24. The van der Waals surface area contributed by atoms with Crippen LogP contribution in [0.4, 0.5) is 0 Å². The van der Waals surface area contributed by atoms with E-state index < -0.39 is 0 Å². The maximum atomic E-state index is 2.38. The van der Waals surface area contributed by atoms with Gasteiger partial charge >= 0.3 is 0 Å². The summed E-state index contributed by atoms with van der Waals surface area (Å²) >= 11 is 0. The Morgan fingerprint density at radius 3 is 1.24 bits per heavy atom. The summed E-state index contributed by atoms with van der Waals surface area (Å²) in [5.74, 6) is 0. The molecule has 0 spiro atoms. The first-order chi connectivity index (χ1) is 24.6. The van der Waals surface area contributed by atoms with Crippen LogP contribution in [0.25, 0.3) is 88.0 Å². The third-order valence-electron chi connectivity index (χ3n) is 10.1. The average Bonchev–Trinajstić information content (AvgIpc) is 3.17. The Morgan fingerprint density at radius 1 is 0.240 bits per heavy atom. The number of aryl methyl sites for hydroxylation is 2. The van der Waals surface area contributed by atoms with Gasteiger partial charge in [0.25, 0.3) is 0 Å². The SMILES string of the molecule is Cc1ccc2c(-c3cccc(-c4cccc(-c5cccc(-c6ccccc6)c5)c4)c3)c3ccc(C)cc3c(-c3ccc4ccccc4c3)c2c1. The summed E-state index contributed by atoms with van der Waals surface area (Å²) in [5.41, 5.74) is 14.9. The third kappa shape index (κ3) is 5.36. The van der Waals surface area contributed by atoms with E-state index in [9.17, 15) is 0 Å². The second-order valence-electron chi connectivity index (χ2n) is 13.5. The molecule has 0 amide bonds. The highest BCUT2D eigenvalue weighted by Crippen LogP contribution is 2.45. The van der Waals surface area contributed by atoms with Gasteiger partial charge in [-0.1, -0.05) is 169 Å². The van der Waals surface area contributed by atoms with Gasteiger partial charge in [-0.25, -0.2) is 0 Å². The first-order valence-electron chi connectivity index (χ1n) is 17.4. The summed E-state index contributed by atoms with van der Waals surface area (Å²) in [7, 11) is 0. The first-order valence-corrected chi connectivity index (χ1v) is 17.4. The van der Waals surface area contributed by atoms with Crippen molar-refractivity contribution in [2.75, 3.05) is 0 Å². The Labute approximate surface area is 293 Å². The topological polar surface area (TPSA) is 0 Å². The molecule has 0 radical (unpaired) electrons. The van der Waals surface area contributed by atoms with Gasteiger partial charge in [-0.2, -0.15) is 0 Å². The normalized spacial score (nSPS) is 11.4. The highest BCUT2D eigenvalue weighted by Gasteiger charge is 2.18. The van der Waals surface area contributed by atoms with Crippen LogP contribution in [0.3, 0.4) is 0 Å². The number of benzene rings is 9. The first kappa shape index (κ1) is 29.9. The van der Waals surface area contributed by atoms with E-state index >= 15 is 0 Å². The molecule has 9 aromatic carbocycles. The molecule has 0 saturated carbocycles. The summed E-state index contributed by atoms with van der Waals surface area (Å²) < 4.78 is 0. The van der Waals surface area contributed by atoms with Gasteiger partial charge in [-0.3, -0.25) is 0 Å². The van der Waals surface area contributed by atoms with Crippen LogP contribution < -0.4 is 0 Å². The van der Waals surface area contributed by atoms with Gasteiger partial charge in [0.1, 0.15) is 0 Å². The quantitative estimate of drug-likeness (QED) is 0.165. The van der Waals surface area contributed by atoms with Crippen LogP contribution in [0.5, 0.6) is 0 Å². The van der Waals surface area contributed by atoms with Crippen molar-refractivity contribution in [1.29, 1.82) is 0 Å². The zero-order valence-corrected chi connectivity index (χ0v) is 28.3. The predicted octanol–water partition coefficient (Wildman–Crippen LogP) is 14.1. The molecule has 0 bridgehead atoms. The van der Waals surface area contributed by atoms with Crippen LogP contribution in [-0.2, 0) is 0 Å². The molecule has 0 unspecified atom stereocenters. The van der Waals surface area contributed by atoms with Gasteiger partial charge < -0.3 is 0 Å². The van der Waals surface area contributed by atoms with Crippen molar-refractivity contribution in [3.8, 4) is 55.6 Å². The molecule has 236 valence electrons. The summed E-state index contributed by atoms with van der Waals surface area (Å²) in [6, 6.07) is 67.0. The minimum Gasteiger partial charge on any atom is -0.0622 e. The monoisotopic (exact) mass is 636 g/mol. The van der Waals surface area contributed by atoms with E-state index in [1.807, 2.05) is 0 Å². The molecular formula is C50H36. The van der Waals surface area contributed by atoms with Gasteiger partial charge in [0.15, 0.2) is 0 Å². The molecular weight excluding hydrogens is 601 g/mol. The lowest BCUT2D eigenvalue weighted by Crippen LogP contribution is -1.93. The van der Waals surface area contributed by atoms with Crippen LogP contribution in [0.15, 0.2) is 182 Å². The molecule has 0 N–H and O–H groups in total. The van der Waals surface area contributed by atoms with Crippen molar-refractivity contribution < 1.29 is 0 Å². The van der Waals surface area contributed by atoms with E-state index in [1.54, 1.807) is 0 Å². The van der Waals surface area contributed by atoms with Crippen LogP contribution in [0, 0.1) is 13.8 Å². The van der Waals surface area contributed by atoms with E-state index in [1.165, 1.54) is 99.1 Å². The molecule has 50 heavy (non-hydrogen) atoms. The standard InChI is InChI=1S/C50H36/c1-33-21-25-45-47(27-33)50(44-24-23-36-13-6-7-14-37(36)31-44)48-28-34(2)22-26-46(48)49(45)43-20-10-19-42(32-43)41-18-9-17-40(30-41)39-16-8-15-38(29-39)35-11-4-3-5-12-35/h3-32H,1-2H3. The van der Waals surface area contributed by atoms with E-state index in [0.717, 1.165) is 0 Å². The highest BCUT2D eigenvalue weighted by molar-refractivity contribution is 6.22. The highest BCUT2D eigenvalue weighted by atomic mass is 14.2. The van der Waals surface area contributed by atoms with Gasteiger partial charge in [-0.05, 0) is 126 Å². The second kappa shape index (κ2) is 12.3. The molecule has 0 aliphatic carbocycles. The average molecular weight is 637 g/mol. The lowest BCUT2D eigenvalue weighted by Gasteiger charge is -2.19. The molecule has 0 heterocycles. The van der Waals surface area contributed by atoms with Gasteiger partial charge in [-0.15, -0.1) is 0 Å². The Balaban J connectivity index is 1.21. The van der Waals surface area contributed by atoms with Gasteiger partial charge in [0.2, 0.25) is 0 Å². The number of hydrogen-bond donors (Lipinski definition) is 0. The lowest BCUT2D eigenvalue weighted by molar-refractivity contribution is 1.49. The van der Waals surface area contributed by atoms with E-state index in [2.05, 4.69) is 196 Å². The van der Waals surface area contributed by atoms with E-state index in [-0.39, 0.29) is 0 Å². The van der Waals surface area contributed by atoms with Crippen LogP contribution in [0.1, 0.15) is 11.1 Å². The Morgan fingerprint density at radius 2 is 0.660 bits per heavy atom. The summed E-state index contributed by atoms with van der Waals surface area (Å²) in [5, 5.41) is 7.66. The van der Waals surface area contributed by atoms with Gasteiger partial charge in [0.05, 0.1) is 0 Å². The fourth-order valence-corrected chi connectivity index (χ4v) is 7.66. The molecule has 0 heteroatoms. The summed E-state index contributed by atoms with van der Waals surface area (Å²) in [4.78, 5) is 0. The number of rotatable bonds is 5. The molecule has 0 aliphatic rings. The largest absolute Gasteiger partial charge is 0.0622 e. The third-order valence-corrected chi connectivity index (χ3v) is 10.1.